The van der Waals surface area contributed by atoms with E-state index < -0.39 is 28.1 Å². The lowest BCUT2D eigenvalue weighted by Gasteiger charge is -2.08. The molecule has 0 unspecified atom stereocenters. The quantitative estimate of drug-likeness (QED) is 0.362. The molecule has 0 aliphatic heterocycles. The fraction of sp³-hybridized carbons (Fsp3) is 0.143. The van der Waals surface area contributed by atoms with Crippen molar-refractivity contribution in [2.75, 3.05) is 0 Å². The van der Waals surface area contributed by atoms with Gasteiger partial charge >= 0.3 is 6.18 Å². The number of carbonyl (C=O) groups is 1. The first-order valence-corrected chi connectivity index (χ1v) is 6.55. The summed E-state index contributed by atoms with van der Waals surface area (Å²) in [7, 11) is 0. The van der Waals surface area contributed by atoms with E-state index in [1.165, 1.54) is 18.3 Å². The van der Waals surface area contributed by atoms with Gasteiger partial charge in [-0.3, -0.25) is 14.9 Å². The standard InChI is InChI=1S/C14H8ClF3N2O3/c15-13-4-1-8(7-19-13)5-12(21)9-2-3-10(14(16,17)18)11(6-9)20(22)23/h1-4,6-7H,5H2. The van der Waals surface area contributed by atoms with Gasteiger partial charge in [-0.25, -0.2) is 4.98 Å². The second-order valence-electron chi connectivity index (χ2n) is 4.58. The minimum absolute atomic E-state index is 0.160. The Labute approximate surface area is 132 Å². The molecular weight excluding hydrogens is 337 g/mol. The number of hydrogen-bond acceptors (Lipinski definition) is 4. The maximum atomic E-state index is 12.7. The number of ketones is 1. The van der Waals surface area contributed by atoms with E-state index in [-0.39, 0.29) is 17.1 Å². The highest BCUT2D eigenvalue weighted by molar-refractivity contribution is 6.29. The number of alkyl halides is 3. The van der Waals surface area contributed by atoms with E-state index in [0.29, 0.717) is 17.7 Å². The summed E-state index contributed by atoms with van der Waals surface area (Å²) < 4.78 is 38.1. The predicted molar refractivity (Wildman–Crippen MR) is 75.4 cm³/mol. The molecule has 0 saturated carbocycles. The van der Waals surface area contributed by atoms with Gasteiger partial charge in [-0.1, -0.05) is 23.7 Å². The summed E-state index contributed by atoms with van der Waals surface area (Å²) in [5, 5.41) is 11.0. The molecule has 0 fully saturated rings. The molecule has 0 spiro atoms. The van der Waals surface area contributed by atoms with Gasteiger partial charge in [0.2, 0.25) is 0 Å². The Morgan fingerprint density at radius 2 is 1.96 bits per heavy atom. The van der Waals surface area contributed by atoms with Crippen LogP contribution in [0.3, 0.4) is 0 Å². The molecule has 0 aliphatic rings. The number of nitrogens with zero attached hydrogens (tertiary/aromatic N) is 2. The Morgan fingerprint density at radius 3 is 2.48 bits per heavy atom. The number of hydrogen-bond donors (Lipinski definition) is 0. The zero-order chi connectivity index (χ0) is 17.2. The van der Waals surface area contributed by atoms with Crippen LogP contribution in [0.2, 0.25) is 5.15 Å². The summed E-state index contributed by atoms with van der Waals surface area (Å²) in [6.07, 6.45) is -3.69. The smallest absolute Gasteiger partial charge is 0.294 e. The Kier molecular flexibility index (Phi) is 4.65. The molecule has 0 atom stereocenters. The third-order valence-corrected chi connectivity index (χ3v) is 3.20. The average molecular weight is 345 g/mol. The number of benzene rings is 1. The first kappa shape index (κ1) is 16.9. The first-order chi connectivity index (χ1) is 10.7. The van der Waals surface area contributed by atoms with Crippen molar-refractivity contribution in [2.45, 2.75) is 12.6 Å². The van der Waals surface area contributed by atoms with Gasteiger partial charge in [0.25, 0.3) is 5.69 Å². The van der Waals surface area contributed by atoms with Crippen molar-refractivity contribution in [3.8, 4) is 0 Å². The Morgan fingerprint density at radius 1 is 1.26 bits per heavy atom. The van der Waals surface area contributed by atoms with Crippen molar-refractivity contribution >= 4 is 23.1 Å². The van der Waals surface area contributed by atoms with Crippen LogP contribution in [0.25, 0.3) is 0 Å². The van der Waals surface area contributed by atoms with E-state index in [9.17, 15) is 28.1 Å². The van der Waals surface area contributed by atoms with Gasteiger partial charge in [-0.15, -0.1) is 0 Å². The molecule has 23 heavy (non-hydrogen) atoms. The monoisotopic (exact) mass is 344 g/mol. The van der Waals surface area contributed by atoms with Gasteiger partial charge in [0.1, 0.15) is 10.7 Å². The van der Waals surface area contributed by atoms with Crippen LogP contribution in [-0.2, 0) is 12.6 Å². The molecule has 2 aromatic rings. The zero-order valence-corrected chi connectivity index (χ0v) is 12.1. The highest BCUT2D eigenvalue weighted by Gasteiger charge is 2.38. The fourth-order valence-corrected chi connectivity index (χ4v) is 2.01. The van der Waals surface area contributed by atoms with Crippen LogP contribution in [0, 0.1) is 10.1 Å². The molecule has 0 amide bonds. The Balaban J connectivity index is 2.32. The number of nitro benzene ring substituents is 1. The second-order valence-corrected chi connectivity index (χ2v) is 4.96. The van der Waals surface area contributed by atoms with Gasteiger partial charge < -0.3 is 0 Å². The summed E-state index contributed by atoms with van der Waals surface area (Å²) in [6.45, 7) is 0. The molecule has 0 radical (unpaired) electrons. The number of nitro groups is 1. The molecule has 1 heterocycles. The third-order valence-electron chi connectivity index (χ3n) is 2.98. The van der Waals surface area contributed by atoms with Crippen molar-refractivity contribution in [3.63, 3.8) is 0 Å². The molecule has 0 N–H and O–H groups in total. The van der Waals surface area contributed by atoms with E-state index in [1.807, 2.05) is 0 Å². The maximum Gasteiger partial charge on any atom is 0.422 e. The molecule has 120 valence electrons. The fourth-order valence-electron chi connectivity index (χ4n) is 1.89. The maximum absolute atomic E-state index is 12.7. The van der Waals surface area contributed by atoms with Crippen LogP contribution in [0.5, 0.6) is 0 Å². The normalized spacial score (nSPS) is 11.3. The topological polar surface area (TPSA) is 73.1 Å². The van der Waals surface area contributed by atoms with E-state index in [2.05, 4.69) is 4.98 Å². The summed E-state index contributed by atoms with van der Waals surface area (Å²) in [5.41, 5.74) is -2.24. The number of aromatic nitrogens is 1. The van der Waals surface area contributed by atoms with E-state index >= 15 is 0 Å². The van der Waals surface area contributed by atoms with Crippen LogP contribution in [0.15, 0.2) is 36.5 Å². The molecule has 0 saturated heterocycles. The second kappa shape index (κ2) is 6.33. The Hall–Kier alpha value is -2.48. The minimum Gasteiger partial charge on any atom is -0.294 e. The van der Waals surface area contributed by atoms with Crippen molar-refractivity contribution in [1.82, 2.24) is 4.98 Å². The number of pyridine rings is 1. The number of rotatable bonds is 4. The molecular formula is C14H8ClF3N2O3. The van der Waals surface area contributed by atoms with E-state index in [4.69, 9.17) is 11.6 Å². The summed E-state index contributed by atoms with van der Waals surface area (Å²) in [6, 6.07) is 5.08. The SMILES string of the molecule is O=C(Cc1ccc(Cl)nc1)c1ccc(C(F)(F)F)c([N+](=O)[O-])c1. The summed E-state index contributed by atoms with van der Waals surface area (Å²) in [5.74, 6) is -0.564. The van der Waals surface area contributed by atoms with Gasteiger partial charge in [0, 0.05) is 24.2 Å². The van der Waals surface area contributed by atoms with Crippen LogP contribution < -0.4 is 0 Å². The number of halogens is 4. The number of carbonyl (C=O) groups excluding carboxylic acids is 1. The summed E-state index contributed by atoms with van der Waals surface area (Å²) >= 11 is 5.60. The summed E-state index contributed by atoms with van der Waals surface area (Å²) in [4.78, 5) is 25.5. The van der Waals surface area contributed by atoms with Crippen LogP contribution >= 0.6 is 11.6 Å². The molecule has 1 aromatic carbocycles. The van der Waals surface area contributed by atoms with Gasteiger partial charge in [-0.05, 0) is 17.7 Å². The highest BCUT2D eigenvalue weighted by Crippen LogP contribution is 2.36. The third kappa shape index (κ3) is 4.04. The van der Waals surface area contributed by atoms with Gasteiger partial charge in [-0.2, -0.15) is 13.2 Å². The lowest BCUT2D eigenvalue weighted by atomic mass is 10.0. The van der Waals surface area contributed by atoms with Crippen molar-refractivity contribution < 1.29 is 22.9 Å². The lowest BCUT2D eigenvalue weighted by Crippen LogP contribution is -2.11. The molecule has 9 heteroatoms. The first-order valence-electron chi connectivity index (χ1n) is 6.18. The molecule has 5 nitrogen and oxygen atoms in total. The molecule has 1 aromatic heterocycles. The predicted octanol–water partition coefficient (Wildman–Crippen LogP) is 4.09. The van der Waals surface area contributed by atoms with E-state index in [1.54, 1.807) is 0 Å². The van der Waals surface area contributed by atoms with Crippen LogP contribution in [-0.4, -0.2) is 15.7 Å². The Bertz CT molecular complexity index is 761. The van der Waals surface area contributed by atoms with Crippen molar-refractivity contribution in [3.05, 3.63) is 68.5 Å². The molecule has 2 rings (SSSR count). The van der Waals surface area contributed by atoms with Crippen molar-refractivity contribution in [2.24, 2.45) is 0 Å². The van der Waals surface area contributed by atoms with Crippen molar-refractivity contribution in [1.29, 1.82) is 0 Å². The highest BCUT2D eigenvalue weighted by atomic mass is 35.5. The minimum atomic E-state index is -4.87. The lowest BCUT2D eigenvalue weighted by molar-refractivity contribution is -0.388. The number of Topliss-reactive ketones (excluding diaryl/α,β-unsaturated/α-hetero) is 1. The molecule has 0 aliphatic carbocycles. The zero-order valence-electron chi connectivity index (χ0n) is 11.3. The van der Waals surface area contributed by atoms with Crippen LogP contribution in [0.4, 0.5) is 18.9 Å². The molecule has 0 bridgehead atoms. The van der Waals surface area contributed by atoms with Gasteiger partial charge in [0.15, 0.2) is 5.78 Å². The largest absolute Gasteiger partial charge is 0.422 e. The average Bonchev–Trinajstić information content (AvgIpc) is 2.48. The van der Waals surface area contributed by atoms with Gasteiger partial charge in [0.05, 0.1) is 4.92 Å². The van der Waals surface area contributed by atoms with E-state index in [0.717, 1.165) is 6.07 Å². The van der Waals surface area contributed by atoms with Crippen LogP contribution in [0.1, 0.15) is 21.5 Å².